The molecule has 0 aliphatic rings. The highest BCUT2D eigenvalue weighted by atomic mass is 19.3. The summed E-state index contributed by atoms with van der Waals surface area (Å²) in [6, 6.07) is -0.318. The van der Waals surface area contributed by atoms with Gasteiger partial charge in [-0.2, -0.15) is 0 Å². The van der Waals surface area contributed by atoms with Gasteiger partial charge in [0.15, 0.2) is 0 Å². The summed E-state index contributed by atoms with van der Waals surface area (Å²) in [6.07, 6.45) is -3.80. The first-order valence-electron chi connectivity index (χ1n) is 5.59. The number of nitrogens with zero attached hydrogens (tertiary/aromatic N) is 1. The van der Waals surface area contributed by atoms with Gasteiger partial charge in [-0.25, -0.2) is 13.6 Å². The summed E-state index contributed by atoms with van der Waals surface area (Å²) in [5.74, 6) is -2.59. The van der Waals surface area contributed by atoms with Crippen LogP contribution >= 0.6 is 0 Å². The molecule has 6 nitrogen and oxygen atoms in total. The van der Waals surface area contributed by atoms with E-state index in [0.29, 0.717) is 5.69 Å². The lowest BCUT2D eigenvalue weighted by atomic mass is 10.1. The molecule has 0 saturated heterocycles. The molecule has 0 bridgehead atoms. The van der Waals surface area contributed by atoms with Crippen molar-refractivity contribution in [3.63, 3.8) is 0 Å². The molecule has 1 aromatic rings. The summed E-state index contributed by atoms with van der Waals surface area (Å²) < 4.78 is 29.0. The summed E-state index contributed by atoms with van der Waals surface area (Å²) in [6.45, 7) is 3.66. The fourth-order valence-electron chi connectivity index (χ4n) is 1.30. The zero-order valence-electron chi connectivity index (χ0n) is 10.4. The van der Waals surface area contributed by atoms with E-state index in [1.807, 2.05) is 19.2 Å². The molecule has 0 spiro atoms. The Balaban J connectivity index is 2.73. The number of carboxylic acid groups (broad SMARTS) is 1. The van der Waals surface area contributed by atoms with Crippen molar-refractivity contribution in [2.75, 3.05) is 0 Å². The molecule has 19 heavy (non-hydrogen) atoms. The average Bonchev–Trinajstić information content (AvgIpc) is 2.76. The van der Waals surface area contributed by atoms with Crippen molar-refractivity contribution in [2.45, 2.75) is 38.7 Å². The molecule has 1 unspecified atom stereocenters. The van der Waals surface area contributed by atoms with Crippen molar-refractivity contribution in [1.29, 1.82) is 0 Å². The Morgan fingerprint density at radius 1 is 1.47 bits per heavy atom. The summed E-state index contributed by atoms with van der Waals surface area (Å²) in [7, 11) is 0. The number of carbonyl (C=O) groups excluding carboxylic acids is 1. The normalized spacial score (nSPS) is 12.7. The number of hydrogen-bond acceptors (Lipinski definition) is 4. The highest BCUT2D eigenvalue weighted by molar-refractivity contribution is 5.94. The predicted octanol–water partition coefficient (Wildman–Crippen LogP) is 1.64. The van der Waals surface area contributed by atoms with E-state index in [1.165, 1.54) is 6.07 Å². The van der Waals surface area contributed by atoms with Gasteiger partial charge >= 0.3 is 5.97 Å². The lowest BCUT2D eigenvalue weighted by Gasteiger charge is -2.12. The van der Waals surface area contributed by atoms with Crippen LogP contribution in [0, 0.1) is 0 Å². The number of alkyl halides is 2. The Labute approximate surface area is 107 Å². The van der Waals surface area contributed by atoms with Crippen LogP contribution in [0.3, 0.4) is 0 Å². The average molecular weight is 276 g/mol. The molecule has 1 rings (SSSR count). The molecule has 2 N–H and O–H groups in total. The standard InChI is InChI=1S/C11H14F2N2O4/c1-5(2)6-3-8(19-15-6)10(16)14-7(11(17)18)4-9(12)13/h3,5,7,9H,4H2,1-2H3,(H,14,16)(H,17,18). The molecule has 0 aromatic carbocycles. The van der Waals surface area contributed by atoms with Crippen LogP contribution in [0.4, 0.5) is 8.78 Å². The first-order chi connectivity index (χ1) is 8.81. The fourth-order valence-corrected chi connectivity index (χ4v) is 1.30. The highest BCUT2D eigenvalue weighted by Gasteiger charge is 2.26. The third-order valence-corrected chi connectivity index (χ3v) is 2.36. The van der Waals surface area contributed by atoms with Crippen LogP contribution in [0.25, 0.3) is 0 Å². The fraction of sp³-hybridized carbons (Fsp3) is 0.545. The van der Waals surface area contributed by atoms with Crippen LogP contribution in [-0.2, 0) is 4.79 Å². The summed E-state index contributed by atoms with van der Waals surface area (Å²) in [4.78, 5) is 22.3. The molecule has 106 valence electrons. The number of carbonyl (C=O) groups is 2. The maximum atomic E-state index is 12.2. The van der Waals surface area contributed by atoms with Gasteiger partial charge in [0.1, 0.15) is 6.04 Å². The number of carboxylic acids is 1. The molecule has 0 aliphatic heterocycles. The van der Waals surface area contributed by atoms with E-state index in [9.17, 15) is 18.4 Å². The van der Waals surface area contributed by atoms with Crippen LogP contribution in [-0.4, -0.2) is 34.6 Å². The Morgan fingerprint density at radius 2 is 2.11 bits per heavy atom. The van der Waals surface area contributed by atoms with Crippen LogP contribution in [0.1, 0.15) is 42.4 Å². The third kappa shape index (κ3) is 4.31. The Kier molecular flexibility index (Phi) is 4.96. The molecule has 0 radical (unpaired) electrons. The minimum absolute atomic E-state index is 0.0293. The summed E-state index contributed by atoms with van der Waals surface area (Å²) >= 11 is 0. The number of nitrogens with one attached hydrogen (secondary N) is 1. The van der Waals surface area contributed by atoms with Gasteiger partial charge in [-0.1, -0.05) is 19.0 Å². The summed E-state index contributed by atoms with van der Waals surface area (Å²) in [5, 5.41) is 14.3. The summed E-state index contributed by atoms with van der Waals surface area (Å²) in [5.41, 5.74) is 0.519. The first-order valence-corrected chi connectivity index (χ1v) is 5.59. The maximum absolute atomic E-state index is 12.2. The first kappa shape index (κ1) is 15.1. The van der Waals surface area contributed by atoms with Gasteiger partial charge in [0.05, 0.1) is 5.69 Å². The Morgan fingerprint density at radius 3 is 2.53 bits per heavy atom. The van der Waals surface area contributed by atoms with Crippen LogP contribution < -0.4 is 5.32 Å². The zero-order chi connectivity index (χ0) is 14.6. The number of aromatic nitrogens is 1. The van der Waals surface area contributed by atoms with Gasteiger partial charge in [0.25, 0.3) is 5.91 Å². The number of hydrogen-bond donors (Lipinski definition) is 2. The minimum Gasteiger partial charge on any atom is -0.480 e. The molecular formula is C11H14F2N2O4. The van der Waals surface area contributed by atoms with Crippen molar-refractivity contribution < 1.29 is 28.0 Å². The van der Waals surface area contributed by atoms with Crippen molar-refractivity contribution in [3.8, 4) is 0 Å². The van der Waals surface area contributed by atoms with Gasteiger partial charge in [-0.05, 0) is 5.92 Å². The quantitative estimate of drug-likeness (QED) is 0.823. The largest absolute Gasteiger partial charge is 0.480 e. The number of amides is 1. The van der Waals surface area contributed by atoms with Crippen molar-refractivity contribution >= 4 is 11.9 Å². The van der Waals surface area contributed by atoms with E-state index in [1.54, 1.807) is 0 Å². The Bertz CT molecular complexity index is 459. The third-order valence-electron chi connectivity index (χ3n) is 2.36. The van der Waals surface area contributed by atoms with Crippen molar-refractivity contribution in [3.05, 3.63) is 17.5 Å². The molecule has 1 heterocycles. The lowest BCUT2D eigenvalue weighted by Crippen LogP contribution is -2.41. The molecule has 8 heteroatoms. The van der Waals surface area contributed by atoms with Crippen LogP contribution in [0.2, 0.25) is 0 Å². The topological polar surface area (TPSA) is 92.4 Å². The predicted molar refractivity (Wildman–Crippen MR) is 60.1 cm³/mol. The van der Waals surface area contributed by atoms with E-state index < -0.39 is 30.8 Å². The molecular weight excluding hydrogens is 262 g/mol. The zero-order valence-corrected chi connectivity index (χ0v) is 10.4. The maximum Gasteiger partial charge on any atom is 0.326 e. The van der Waals surface area contributed by atoms with Gasteiger partial charge in [-0.15, -0.1) is 0 Å². The molecule has 1 atom stereocenters. The van der Waals surface area contributed by atoms with E-state index in [0.717, 1.165) is 0 Å². The number of halogens is 2. The van der Waals surface area contributed by atoms with Gasteiger partial charge in [-0.3, -0.25) is 4.79 Å². The highest BCUT2D eigenvalue weighted by Crippen LogP contribution is 2.14. The second-order valence-electron chi connectivity index (χ2n) is 4.26. The van der Waals surface area contributed by atoms with E-state index in [-0.39, 0.29) is 11.7 Å². The molecule has 0 aliphatic carbocycles. The smallest absolute Gasteiger partial charge is 0.326 e. The number of rotatable bonds is 6. The molecule has 1 amide bonds. The van der Waals surface area contributed by atoms with Gasteiger partial charge in [0.2, 0.25) is 12.2 Å². The monoisotopic (exact) mass is 276 g/mol. The molecule has 0 fully saturated rings. The Hall–Kier alpha value is -1.99. The second kappa shape index (κ2) is 6.26. The molecule has 0 saturated carbocycles. The van der Waals surface area contributed by atoms with E-state index >= 15 is 0 Å². The van der Waals surface area contributed by atoms with E-state index in [4.69, 9.17) is 9.63 Å². The van der Waals surface area contributed by atoms with Gasteiger partial charge in [0, 0.05) is 12.5 Å². The minimum atomic E-state index is -2.83. The SMILES string of the molecule is CC(C)c1cc(C(=O)NC(CC(F)F)C(=O)O)on1. The van der Waals surface area contributed by atoms with Gasteiger partial charge < -0.3 is 14.9 Å². The second-order valence-corrected chi connectivity index (χ2v) is 4.26. The van der Waals surface area contributed by atoms with Crippen molar-refractivity contribution in [1.82, 2.24) is 10.5 Å². The van der Waals surface area contributed by atoms with Crippen LogP contribution in [0.5, 0.6) is 0 Å². The van der Waals surface area contributed by atoms with Crippen LogP contribution in [0.15, 0.2) is 10.6 Å². The lowest BCUT2D eigenvalue weighted by molar-refractivity contribution is -0.140. The van der Waals surface area contributed by atoms with E-state index in [2.05, 4.69) is 5.16 Å². The molecule has 1 aromatic heterocycles. The van der Waals surface area contributed by atoms with Crippen molar-refractivity contribution in [2.24, 2.45) is 0 Å². The number of aliphatic carboxylic acids is 1.